The third-order valence-electron chi connectivity index (χ3n) is 18.5. The molecule has 0 saturated carbocycles. The molecule has 754 valence electrons. The van der Waals surface area contributed by atoms with Crippen LogP contribution in [0.3, 0.4) is 0 Å². The van der Waals surface area contributed by atoms with Crippen LogP contribution in [0.5, 0.6) is 0 Å². The van der Waals surface area contributed by atoms with Crippen molar-refractivity contribution in [1.82, 2.24) is 26.2 Å². The van der Waals surface area contributed by atoms with Crippen molar-refractivity contribution in [1.29, 1.82) is 0 Å². The number of ether oxygens (including phenoxy) is 7. The van der Waals surface area contributed by atoms with Gasteiger partial charge in [-0.3, -0.25) is 9.59 Å². The first-order valence-electron chi connectivity index (χ1n) is 45.0. The van der Waals surface area contributed by atoms with Crippen LogP contribution in [-0.2, 0) is 89.5 Å². The summed E-state index contributed by atoms with van der Waals surface area (Å²) in [7, 11) is -3.66. The predicted octanol–water partition coefficient (Wildman–Crippen LogP) is 24.4. The van der Waals surface area contributed by atoms with E-state index in [4.69, 9.17) is 103 Å². The Kier molecular flexibility index (Phi) is 49.3. The van der Waals surface area contributed by atoms with Crippen LogP contribution < -0.4 is 53.5 Å². The lowest BCUT2D eigenvalue weighted by Gasteiger charge is -2.29. The molecular weight excluding hydrogens is 1940 g/mol. The van der Waals surface area contributed by atoms with Crippen LogP contribution in [0.4, 0.5) is 28.8 Å². The molecule has 0 atom stereocenters. The zero-order valence-electron chi connectivity index (χ0n) is 82.8. The van der Waals surface area contributed by atoms with E-state index in [-0.39, 0.29) is 25.0 Å². The number of fused-ring (bicyclic) bond motifs is 2. The Hall–Kier alpha value is -12.2. The number of nitrogens with zero attached hydrogens (tertiary/aromatic N) is 7. The molecule has 0 saturated heterocycles. The number of carbonyl (C=O) groups is 8. The Bertz CT molecular complexity index is 5650. The van der Waals surface area contributed by atoms with Gasteiger partial charge in [0.15, 0.2) is 0 Å². The highest BCUT2D eigenvalue weighted by atomic mass is 35.5. The van der Waals surface area contributed by atoms with Gasteiger partial charge in [0.05, 0.1) is 13.2 Å². The highest BCUT2D eigenvalue weighted by Gasteiger charge is 2.34. The third-order valence-corrected chi connectivity index (χ3v) is 24.5. The number of halogens is 5. The van der Waals surface area contributed by atoms with Gasteiger partial charge in [-0.25, -0.2) is 33.7 Å². The number of imide groups is 1. The monoisotopic (exact) mass is 2060 g/mol. The SMILES string of the molecule is CC(C)(C)OC(=O)N1CCc2ccc(Cl)cc2C1=O.CC(C)(C)OC(=O)NCCc1ccc(Cl)cc1CN.CC(C)(C)OC(=O)NCCc1ccc(Cl)cc1CN=[N+]=[N-].CC(C)(C)OC(=O)NCCc1ccc(Cl)cc1CO.CC(C)(C)OC(=O)OC(=O)OC(C)(C)C.O=C1NCCc2ccc(Cl)cc21.[N-]=[N+]=NP(=O)(c1ccccc1)c1ccccc1.c1ccc(P(c2ccccc2)c2ccccc2)cc1. The van der Waals surface area contributed by atoms with E-state index in [0.29, 0.717) is 105 Å². The van der Waals surface area contributed by atoms with Crippen molar-refractivity contribution in [3.8, 4) is 0 Å². The standard InChI is InChI=1S/C18H15P.C14H19ClN4O2.C14H21ClN2O2.C14H16ClNO3.C14H20ClNO3.C12H10N3OP.C10H18O5.C9H8ClNO/c1-4-10-16(11-5-1)19(17-12-6-2-7-13-17)18-14-8-3-9-15-18;1-14(2,3)21-13(20)17-7-6-10-4-5-12(15)8-11(10)9-18-19-16;1-14(2,3)19-13(18)17-7-6-10-4-5-12(15)8-11(10)9-16;1-14(2,3)19-13(18)16-7-6-9-4-5-10(15)8-11(9)12(16)17;1-14(2,3)19-13(18)16-7-6-10-4-5-12(15)8-11(10)9-17;13-14-15-17(16,11-7-3-1-4-8-11)12-9-5-2-6-10-12;1-9(2,3)14-7(11)13-8(12)15-10(4,5)6;10-7-2-1-6-3-4-11-9(12)8(6)5-7/h1-15H;4-5,8H,6-7,9H2,1-3H3,(H,17,20);4-5,8H,6-7,9,16H2,1-3H3,(H,17,18);4-5,8H,6-7H2,1-3H3;4-5,8,17H,6-7,9H2,1-3H3,(H,16,18);1-10H;1-6H3;1-2,5H,3-4H2,(H,11,12). The molecule has 0 fully saturated rings. The molecule has 2 aliphatic heterocycles. The maximum atomic E-state index is 12.8. The summed E-state index contributed by atoms with van der Waals surface area (Å²) in [6.45, 7) is 34.7. The number of alkyl carbamates (subject to hydrolysis) is 3. The predicted molar refractivity (Wildman–Crippen MR) is 562 cm³/mol. The van der Waals surface area contributed by atoms with Crippen molar-refractivity contribution >= 4 is 148 Å². The minimum Gasteiger partial charge on any atom is -0.444 e. The van der Waals surface area contributed by atoms with Crippen LogP contribution >= 0.6 is 73.2 Å². The van der Waals surface area contributed by atoms with E-state index < -0.39 is 85.5 Å². The zero-order chi connectivity index (χ0) is 105. The number of benzene rings is 10. The van der Waals surface area contributed by atoms with Gasteiger partial charge in [0.2, 0.25) is 7.29 Å². The smallest absolute Gasteiger partial charge is 0.444 e. The summed E-state index contributed by atoms with van der Waals surface area (Å²) < 4.78 is 47.3. The normalized spacial score (nSPS) is 11.9. The van der Waals surface area contributed by atoms with Crippen molar-refractivity contribution in [2.24, 2.45) is 15.7 Å². The Morgan fingerprint density at radius 3 is 1.13 bits per heavy atom. The first kappa shape index (κ1) is 119. The van der Waals surface area contributed by atoms with Gasteiger partial charge < -0.3 is 69.8 Å². The molecule has 10 aromatic rings. The fraction of sp³-hybridized carbons (Fsp3) is 0.352. The molecule has 6 amide bonds. The summed E-state index contributed by atoms with van der Waals surface area (Å²) in [5, 5.41) is 31.9. The van der Waals surface area contributed by atoms with Gasteiger partial charge >= 0.3 is 36.7 Å². The molecule has 0 aromatic heterocycles. The lowest BCUT2D eigenvalue weighted by molar-refractivity contribution is -0.0296. The molecule has 0 unspecified atom stereocenters. The van der Waals surface area contributed by atoms with Crippen LogP contribution in [0, 0.1) is 0 Å². The van der Waals surface area contributed by atoms with Gasteiger partial charge in [-0.05, 0) is 302 Å². The van der Waals surface area contributed by atoms with Gasteiger partial charge in [-0.1, -0.05) is 245 Å². The first-order chi connectivity index (χ1) is 66.2. The van der Waals surface area contributed by atoms with Gasteiger partial charge in [-0.15, -0.1) is 0 Å². The van der Waals surface area contributed by atoms with Crippen LogP contribution in [-0.4, -0.2) is 125 Å². The molecule has 0 aliphatic carbocycles. The van der Waals surface area contributed by atoms with Gasteiger partial charge in [0.1, 0.15) is 33.6 Å². The Balaban J connectivity index is 0.000000285. The summed E-state index contributed by atoms with van der Waals surface area (Å²) in [6, 6.07) is 76.9. The molecule has 0 bridgehead atoms. The van der Waals surface area contributed by atoms with E-state index in [1.807, 2.05) is 123 Å². The summed E-state index contributed by atoms with van der Waals surface area (Å²) in [4.78, 5) is 102. The number of nitrogens with two attached hydrogens (primary N) is 1. The first-order valence-corrected chi connectivity index (χ1v) is 49.9. The van der Waals surface area contributed by atoms with E-state index in [1.165, 1.54) is 15.9 Å². The van der Waals surface area contributed by atoms with Crippen LogP contribution in [0.15, 0.2) is 253 Å². The van der Waals surface area contributed by atoms with Gasteiger partial charge in [-0.2, -0.15) is 0 Å². The van der Waals surface area contributed by atoms with Crippen LogP contribution in [0.2, 0.25) is 25.1 Å². The van der Waals surface area contributed by atoms with E-state index in [1.54, 1.807) is 153 Å². The molecule has 2 heterocycles. The molecule has 0 spiro atoms. The number of rotatable bonds is 19. The number of nitrogens with one attached hydrogen (secondary N) is 4. The molecule has 10 aromatic carbocycles. The van der Waals surface area contributed by atoms with E-state index >= 15 is 0 Å². The topological polar surface area (TPSA) is 413 Å². The molecule has 2 aliphatic rings. The van der Waals surface area contributed by atoms with Gasteiger partial charge in [0.25, 0.3) is 11.8 Å². The molecular formula is C105H127Cl5N12O17P2. The number of hydrogen-bond donors (Lipinski definition) is 6. The highest BCUT2D eigenvalue weighted by molar-refractivity contribution is 7.79. The van der Waals surface area contributed by atoms with Gasteiger partial charge in [0, 0.05) is 95.9 Å². The Morgan fingerprint density at radius 1 is 0.433 bits per heavy atom. The zero-order valence-corrected chi connectivity index (χ0v) is 88.3. The van der Waals surface area contributed by atoms with E-state index in [0.717, 1.165) is 62.4 Å². The van der Waals surface area contributed by atoms with E-state index in [2.05, 4.69) is 137 Å². The summed E-state index contributed by atoms with van der Waals surface area (Å²) in [6.07, 6.45) is -0.579. The average Bonchev–Trinajstić information content (AvgIpc) is 0.786. The van der Waals surface area contributed by atoms with Crippen molar-refractivity contribution in [2.75, 3.05) is 32.7 Å². The molecule has 12 rings (SSSR count). The summed E-state index contributed by atoms with van der Waals surface area (Å²) in [5.74, 6) is -0.364. The number of azide groups is 2. The lowest BCUT2D eigenvalue weighted by atomic mass is 9.99. The second-order valence-electron chi connectivity index (χ2n) is 37.1. The Morgan fingerprint density at radius 2 is 0.766 bits per heavy atom. The number of carbonyl (C=O) groups excluding carboxylic acids is 8. The molecule has 141 heavy (non-hydrogen) atoms. The average molecular weight is 2070 g/mol. The second kappa shape index (κ2) is 58.3. The second-order valence-corrected chi connectivity index (χ2v) is 43.9. The summed E-state index contributed by atoms with van der Waals surface area (Å²) in [5.41, 5.74) is 28.0. The van der Waals surface area contributed by atoms with Crippen molar-refractivity contribution in [3.63, 3.8) is 0 Å². The van der Waals surface area contributed by atoms with Crippen LogP contribution in [0.25, 0.3) is 20.9 Å². The largest absolute Gasteiger partial charge is 0.519 e. The third kappa shape index (κ3) is 46.8. The fourth-order valence-electron chi connectivity index (χ4n) is 12.6. The minimum absolute atomic E-state index is 0.0150. The van der Waals surface area contributed by atoms with E-state index in [9.17, 15) is 48.0 Å². The fourth-order valence-corrected chi connectivity index (χ4v) is 17.6. The highest BCUT2D eigenvalue weighted by Crippen LogP contribution is 2.45. The number of amides is 6. The van der Waals surface area contributed by atoms with Crippen molar-refractivity contribution in [2.45, 2.75) is 210 Å². The molecule has 36 heteroatoms. The molecule has 0 radical (unpaired) electrons. The molecule has 29 nitrogen and oxygen atoms in total. The quantitative estimate of drug-likeness (QED) is 0.00833. The maximum Gasteiger partial charge on any atom is 0.519 e. The van der Waals surface area contributed by atoms with Crippen LogP contribution in [0.1, 0.15) is 190 Å². The van der Waals surface area contributed by atoms with Crippen molar-refractivity contribution < 1.29 is 81.2 Å². The number of aliphatic hydroxyl groups excluding tert-OH is 1. The Labute approximate surface area is 852 Å². The maximum absolute atomic E-state index is 12.8. The summed E-state index contributed by atoms with van der Waals surface area (Å²) >= 11 is 29.3. The lowest BCUT2D eigenvalue weighted by Crippen LogP contribution is -2.44. The minimum atomic E-state index is -3.22. The number of hydrogen-bond acceptors (Lipinski definition) is 19. The molecule has 7 N–H and O–H groups in total. The van der Waals surface area contributed by atoms with Crippen molar-refractivity contribution in [3.05, 3.63) is 344 Å². The number of aliphatic hydroxyl groups is 1.